The molecular formula is C18H23NO3. The van der Waals surface area contributed by atoms with E-state index in [1.807, 2.05) is 44.2 Å². The van der Waals surface area contributed by atoms with E-state index >= 15 is 0 Å². The Morgan fingerprint density at radius 3 is 2.64 bits per heavy atom. The van der Waals surface area contributed by atoms with Gasteiger partial charge >= 0.3 is 0 Å². The molecule has 0 bridgehead atoms. The first-order valence-corrected chi connectivity index (χ1v) is 7.67. The lowest BCUT2D eigenvalue weighted by molar-refractivity contribution is 0.279. The van der Waals surface area contributed by atoms with E-state index in [0.717, 1.165) is 23.4 Å². The van der Waals surface area contributed by atoms with E-state index in [1.54, 1.807) is 10.6 Å². The molecule has 4 heteroatoms. The standard InChI is InChI=1S/C18H23NO3/c1-4-10-22-16-7-5-6-14(11-16)17-9-8-15(12-20)18(21)19(17)13(2)3/h5-9,11,13,20H,4,10,12H2,1-3H3. The molecule has 2 rings (SSSR count). The number of pyridine rings is 1. The van der Waals surface area contributed by atoms with Crippen molar-refractivity contribution in [3.05, 3.63) is 52.3 Å². The maximum absolute atomic E-state index is 12.5. The van der Waals surface area contributed by atoms with Gasteiger partial charge in [-0.3, -0.25) is 4.79 Å². The average molecular weight is 301 g/mol. The summed E-state index contributed by atoms with van der Waals surface area (Å²) in [5.74, 6) is 0.799. The molecule has 0 saturated heterocycles. The molecule has 1 N–H and O–H groups in total. The summed E-state index contributed by atoms with van der Waals surface area (Å²) in [6, 6.07) is 11.3. The van der Waals surface area contributed by atoms with Crippen molar-refractivity contribution < 1.29 is 9.84 Å². The molecule has 0 aliphatic rings. The predicted molar refractivity (Wildman–Crippen MR) is 88.2 cm³/mol. The Labute approximate surface area is 131 Å². The topological polar surface area (TPSA) is 51.5 Å². The van der Waals surface area contributed by atoms with Gasteiger partial charge in [-0.1, -0.05) is 19.1 Å². The van der Waals surface area contributed by atoms with Crippen LogP contribution in [0.1, 0.15) is 38.8 Å². The molecule has 0 amide bonds. The SMILES string of the molecule is CCCOc1cccc(-c2ccc(CO)c(=O)n2C(C)C)c1. The number of aromatic nitrogens is 1. The van der Waals surface area contributed by atoms with Gasteiger partial charge in [-0.05, 0) is 44.5 Å². The monoisotopic (exact) mass is 301 g/mol. The van der Waals surface area contributed by atoms with Crippen molar-refractivity contribution in [1.82, 2.24) is 4.57 Å². The van der Waals surface area contributed by atoms with Crippen LogP contribution in [-0.2, 0) is 6.61 Å². The molecule has 0 radical (unpaired) electrons. The molecule has 118 valence electrons. The van der Waals surface area contributed by atoms with Gasteiger partial charge in [0, 0.05) is 17.2 Å². The van der Waals surface area contributed by atoms with Crippen LogP contribution >= 0.6 is 0 Å². The molecule has 1 aromatic heterocycles. The van der Waals surface area contributed by atoms with E-state index in [4.69, 9.17) is 4.74 Å². The molecular weight excluding hydrogens is 278 g/mol. The third kappa shape index (κ3) is 3.39. The molecule has 0 atom stereocenters. The second-order valence-corrected chi connectivity index (χ2v) is 5.55. The molecule has 0 spiro atoms. The summed E-state index contributed by atoms with van der Waals surface area (Å²) in [6.07, 6.45) is 0.951. The molecule has 4 nitrogen and oxygen atoms in total. The first kappa shape index (κ1) is 16.3. The Morgan fingerprint density at radius 2 is 2.00 bits per heavy atom. The van der Waals surface area contributed by atoms with Gasteiger partial charge in [0.1, 0.15) is 5.75 Å². The van der Waals surface area contributed by atoms with Gasteiger partial charge in [-0.25, -0.2) is 0 Å². The highest BCUT2D eigenvalue weighted by Crippen LogP contribution is 2.25. The molecule has 1 heterocycles. The molecule has 22 heavy (non-hydrogen) atoms. The average Bonchev–Trinajstić information content (AvgIpc) is 2.52. The molecule has 0 aliphatic heterocycles. The number of aliphatic hydroxyl groups is 1. The molecule has 1 aromatic carbocycles. The van der Waals surface area contributed by atoms with Gasteiger partial charge in [-0.2, -0.15) is 0 Å². The zero-order valence-electron chi connectivity index (χ0n) is 13.4. The maximum Gasteiger partial charge on any atom is 0.256 e. The van der Waals surface area contributed by atoms with Crippen molar-refractivity contribution in [3.63, 3.8) is 0 Å². The fraction of sp³-hybridized carbons (Fsp3) is 0.389. The highest BCUT2D eigenvalue weighted by molar-refractivity contribution is 5.62. The summed E-state index contributed by atoms with van der Waals surface area (Å²) >= 11 is 0. The van der Waals surface area contributed by atoms with Gasteiger partial charge in [0.2, 0.25) is 0 Å². The van der Waals surface area contributed by atoms with Crippen molar-refractivity contribution >= 4 is 0 Å². The lowest BCUT2D eigenvalue weighted by Gasteiger charge is -2.18. The van der Waals surface area contributed by atoms with Crippen LogP contribution in [0.15, 0.2) is 41.2 Å². The van der Waals surface area contributed by atoms with E-state index in [0.29, 0.717) is 12.2 Å². The second-order valence-electron chi connectivity index (χ2n) is 5.55. The van der Waals surface area contributed by atoms with Gasteiger partial charge in [0.15, 0.2) is 0 Å². The normalized spacial score (nSPS) is 11.0. The highest BCUT2D eigenvalue weighted by atomic mass is 16.5. The van der Waals surface area contributed by atoms with E-state index < -0.39 is 0 Å². The van der Waals surface area contributed by atoms with E-state index in [-0.39, 0.29) is 18.2 Å². The van der Waals surface area contributed by atoms with E-state index in [9.17, 15) is 9.90 Å². The predicted octanol–water partition coefficient (Wildman–Crippen LogP) is 3.38. The van der Waals surface area contributed by atoms with Crippen molar-refractivity contribution in [3.8, 4) is 17.0 Å². The van der Waals surface area contributed by atoms with E-state index in [2.05, 4.69) is 6.92 Å². The van der Waals surface area contributed by atoms with Crippen LogP contribution in [0.25, 0.3) is 11.3 Å². The lowest BCUT2D eigenvalue weighted by atomic mass is 10.1. The number of nitrogens with zero attached hydrogens (tertiary/aromatic N) is 1. The Hall–Kier alpha value is -2.07. The summed E-state index contributed by atoms with van der Waals surface area (Å²) in [7, 11) is 0. The zero-order valence-corrected chi connectivity index (χ0v) is 13.4. The number of hydrogen-bond donors (Lipinski definition) is 1. The number of ether oxygens (including phenoxy) is 1. The third-order valence-corrected chi connectivity index (χ3v) is 3.48. The largest absolute Gasteiger partial charge is 0.494 e. The van der Waals surface area contributed by atoms with Gasteiger partial charge in [-0.15, -0.1) is 0 Å². The summed E-state index contributed by atoms with van der Waals surface area (Å²) in [6.45, 7) is 6.41. The fourth-order valence-corrected chi connectivity index (χ4v) is 2.43. The first-order chi connectivity index (χ1) is 10.6. The van der Waals surface area contributed by atoms with Crippen LogP contribution in [0.5, 0.6) is 5.75 Å². The molecule has 0 aliphatic carbocycles. The van der Waals surface area contributed by atoms with Crippen molar-refractivity contribution in [2.75, 3.05) is 6.61 Å². The van der Waals surface area contributed by atoms with Crippen LogP contribution in [0.4, 0.5) is 0 Å². The second kappa shape index (κ2) is 7.27. The van der Waals surface area contributed by atoms with Crippen LogP contribution in [0.3, 0.4) is 0 Å². The molecule has 2 aromatic rings. The Balaban J connectivity index is 2.53. The van der Waals surface area contributed by atoms with Gasteiger partial charge in [0.25, 0.3) is 5.56 Å². The molecule has 0 fully saturated rings. The number of aliphatic hydroxyl groups excluding tert-OH is 1. The minimum absolute atomic E-state index is 0.00853. The quantitative estimate of drug-likeness (QED) is 0.890. The fourth-order valence-electron chi connectivity index (χ4n) is 2.43. The Kier molecular flexibility index (Phi) is 5.39. The van der Waals surface area contributed by atoms with Crippen molar-refractivity contribution in [2.24, 2.45) is 0 Å². The highest BCUT2D eigenvalue weighted by Gasteiger charge is 2.13. The van der Waals surface area contributed by atoms with Crippen molar-refractivity contribution in [1.29, 1.82) is 0 Å². The summed E-state index contributed by atoms with van der Waals surface area (Å²) in [4.78, 5) is 12.5. The number of hydrogen-bond acceptors (Lipinski definition) is 3. The van der Waals surface area contributed by atoms with Gasteiger partial charge < -0.3 is 14.4 Å². The minimum atomic E-state index is -0.245. The summed E-state index contributed by atoms with van der Waals surface area (Å²) in [5.41, 5.74) is 2.04. The summed E-state index contributed by atoms with van der Waals surface area (Å²) in [5, 5.41) is 9.29. The van der Waals surface area contributed by atoms with Crippen LogP contribution in [-0.4, -0.2) is 16.3 Å². The van der Waals surface area contributed by atoms with Gasteiger partial charge in [0.05, 0.1) is 18.9 Å². The maximum atomic E-state index is 12.5. The van der Waals surface area contributed by atoms with E-state index in [1.165, 1.54) is 0 Å². The zero-order chi connectivity index (χ0) is 16.1. The number of benzene rings is 1. The number of rotatable bonds is 6. The lowest BCUT2D eigenvalue weighted by Crippen LogP contribution is -2.26. The third-order valence-electron chi connectivity index (χ3n) is 3.48. The minimum Gasteiger partial charge on any atom is -0.494 e. The molecule has 0 unspecified atom stereocenters. The Morgan fingerprint density at radius 1 is 1.23 bits per heavy atom. The smallest absolute Gasteiger partial charge is 0.256 e. The van der Waals surface area contributed by atoms with Crippen LogP contribution in [0.2, 0.25) is 0 Å². The molecule has 0 saturated carbocycles. The summed E-state index contributed by atoms with van der Waals surface area (Å²) < 4.78 is 7.38. The van der Waals surface area contributed by atoms with Crippen LogP contribution in [0, 0.1) is 0 Å². The van der Waals surface area contributed by atoms with Crippen molar-refractivity contribution in [2.45, 2.75) is 39.8 Å². The van der Waals surface area contributed by atoms with Crippen LogP contribution < -0.4 is 10.3 Å². The Bertz CT molecular complexity index is 689. The first-order valence-electron chi connectivity index (χ1n) is 7.67.